The van der Waals surface area contributed by atoms with E-state index in [1.165, 1.54) is 6.33 Å². The molecule has 2 aromatic rings. The van der Waals surface area contributed by atoms with Crippen LogP contribution in [0.15, 0.2) is 36.9 Å². The highest BCUT2D eigenvalue weighted by atomic mass is 79.9. The molecular formula is C14H17BrClN3O2. The zero-order valence-electron chi connectivity index (χ0n) is 11.8. The molecule has 0 amide bonds. The zero-order valence-corrected chi connectivity index (χ0v) is 14.1. The summed E-state index contributed by atoms with van der Waals surface area (Å²) in [6.45, 7) is 4.19. The fourth-order valence-electron chi connectivity index (χ4n) is 1.68. The SMILES string of the molecule is CC(C)(C(O)Cn1cncn1)C(Br)Oc1ccc(Cl)cc1. The maximum Gasteiger partial charge on any atom is 0.160 e. The number of hydrogen-bond acceptors (Lipinski definition) is 4. The van der Waals surface area contributed by atoms with E-state index in [0.29, 0.717) is 17.3 Å². The molecule has 2 atom stereocenters. The second kappa shape index (κ2) is 6.77. The number of hydrogen-bond donors (Lipinski definition) is 1. The Labute approximate surface area is 137 Å². The molecule has 0 saturated heterocycles. The number of aliphatic hydroxyl groups is 1. The molecule has 1 aromatic carbocycles. The van der Waals surface area contributed by atoms with Gasteiger partial charge in [-0.1, -0.05) is 25.4 Å². The molecule has 0 bridgehead atoms. The first-order valence-corrected chi connectivity index (χ1v) is 7.75. The Morgan fingerprint density at radius 1 is 1.38 bits per heavy atom. The predicted octanol–water partition coefficient (Wildman–Crippen LogP) is 3.12. The lowest BCUT2D eigenvalue weighted by atomic mass is 9.87. The van der Waals surface area contributed by atoms with Crippen molar-refractivity contribution in [1.29, 1.82) is 0 Å². The van der Waals surface area contributed by atoms with E-state index in [4.69, 9.17) is 16.3 Å². The van der Waals surface area contributed by atoms with Gasteiger partial charge in [-0.15, -0.1) is 0 Å². The summed E-state index contributed by atoms with van der Waals surface area (Å²) in [5.41, 5.74) is -0.536. The molecule has 1 N–H and O–H groups in total. The van der Waals surface area contributed by atoms with Crippen LogP contribution in [0.3, 0.4) is 0 Å². The van der Waals surface area contributed by atoms with Crippen molar-refractivity contribution in [1.82, 2.24) is 14.8 Å². The molecule has 0 aliphatic carbocycles. The molecule has 1 aromatic heterocycles. The third-order valence-corrected chi connectivity index (χ3v) is 4.94. The third-order valence-electron chi connectivity index (χ3n) is 3.32. The van der Waals surface area contributed by atoms with Crippen LogP contribution < -0.4 is 4.74 Å². The van der Waals surface area contributed by atoms with Crippen molar-refractivity contribution < 1.29 is 9.84 Å². The average Bonchev–Trinajstić information content (AvgIpc) is 2.94. The molecule has 2 rings (SSSR count). The number of halogens is 2. The number of ether oxygens (including phenoxy) is 1. The molecule has 0 fully saturated rings. The van der Waals surface area contributed by atoms with Crippen molar-refractivity contribution in [3.63, 3.8) is 0 Å². The van der Waals surface area contributed by atoms with Gasteiger partial charge < -0.3 is 9.84 Å². The number of aromatic nitrogens is 3. The van der Waals surface area contributed by atoms with Gasteiger partial charge in [-0.2, -0.15) is 5.10 Å². The van der Waals surface area contributed by atoms with Gasteiger partial charge in [0.1, 0.15) is 18.4 Å². The van der Waals surface area contributed by atoms with Crippen LogP contribution in [-0.2, 0) is 6.54 Å². The smallest absolute Gasteiger partial charge is 0.160 e. The Balaban J connectivity index is 2.01. The zero-order chi connectivity index (χ0) is 15.5. The van der Waals surface area contributed by atoms with E-state index in [1.54, 1.807) is 35.3 Å². The second-order valence-electron chi connectivity index (χ2n) is 5.34. The van der Waals surface area contributed by atoms with E-state index < -0.39 is 11.5 Å². The second-order valence-corrected chi connectivity index (χ2v) is 6.61. The van der Waals surface area contributed by atoms with Crippen molar-refractivity contribution in [2.75, 3.05) is 0 Å². The predicted molar refractivity (Wildman–Crippen MR) is 84.6 cm³/mol. The standard InChI is InChI=1S/C14H17BrClN3O2/c1-14(2,12(20)7-19-9-17-8-18-19)13(15)21-11-5-3-10(16)4-6-11/h3-6,8-9,12-13,20H,7H2,1-2H3. The summed E-state index contributed by atoms with van der Waals surface area (Å²) in [6.07, 6.45) is 2.36. The van der Waals surface area contributed by atoms with E-state index in [-0.39, 0.29) is 5.01 Å². The topological polar surface area (TPSA) is 60.2 Å². The molecule has 0 aliphatic rings. The molecule has 0 saturated carbocycles. The monoisotopic (exact) mass is 373 g/mol. The van der Waals surface area contributed by atoms with Gasteiger partial charge in [0.05, 0.1) is 12.6 Å². The maximum absolute atomic E-state index is 10.4. The summed E-state index contributed by atoms with van der Waals surface area (Å²) in [7, 11) is 0. The van der Waals surface area contributed by atoms with E-state index in [1.807, 2.05) is 13.8 Å². The molecule has 1 heterocycles. The lowest BCUT2D eigenvalue weighted by molar-refractivity contribution is -0.00805. The molecule has 114 valence electrons. The number of nitrogens with zero attached hydrogens (tertiary/aromatic N) is 3. The van der Waals surface area contributed by atoms with Crippen molar-refractivity contribution in [3.8, 4) is 5.75 Å². The molecule has 7 heteroatoms. The maximum atomic E-state index is 10.4. The van der Waals surface area contributed by atoms with Crippen LogP contribution in [-0.4, -0.2) is 31.0 Å². The van der Waals surface area contributed by atoms with Gasteiger partial charge in [0.2, 0.25) is 0 Å². The van der Waals surface area contributed by atoms with Crippen LogP contribution in [0, 0.1) is 5.41 Å². The van der Waals surface area contributed by atoms with E-state index >= 15 is 0 Å². The quantitative estimate of drug-likeness (QED) is 0.789. The summed E-state index contributed by atoms with van der Waals surface area (Å²) in [5, 5.41) is 14.7. The summed E-state index contributed by atoms with van der Waals surface area (Å²) in [5.74, 6) is 0.683. The van der Waals surface area contributed by atoms with Gasteiger partial charge >= 0.3 is 0 Å². The summed E-state index contributed by atoms with van der Waals surface area (Å²) < 4.78 is 7.42. The van der Waals surface area contributed by atoms with E-state index in [0.717, 1.165) is 0 Å². The Bertz CT molecular complexity index is 560. The van der Waals surface area contributed by atoms with Gasteiger partial charge in [0.15, 0.2) is 5.01 Å². The van der Waals surface area contributed by atoms with Gasteiger partial charge in [-0.05, 0) is 40.2 Å². The van der Waals surface area contributed by atoms with Gasteiger partial charge in [-0.25, -0.2) is 4.98 Å². The highest BCUT2D eigenvalue weighted by molar-refractivity contribution is 9.09. The fourth-order valence-corrected chi connectivity index (χ4v) is 2.32. The van der Waals surface area contributed by atoms with E-state index in [2.05, 4.69) is 26.0 Å². The highest BCUT2D eigenvalue weighted by Gasteiger charge is 2.37. The average molecular weight is 375 g/mol. The van der Waals surface area contributed by atoms with E-state index in [9.17, 15) is 5.11 Å². The minimum absolute atomic E-state index is 0.346. The lowest BCUT2D eigenvalue weighted by Gasteiger charge is -2.34. The van der Waals surface area contributed by atoms with Crippen LogP contribution in [0.5, 0.6) is 5.75 Å². The molecular weight excluding hydrogens is 358 g/mol. The number of aliphatic hydroxyl groups excluding tert-OH is 1. The summed E-state index contributed by atoms with van der Waals surface area (Å²) >= 11 is 9.34. The van der Waals surface area contributed by atoms with Crippen LogP contribution in [0.25, 0.3) is 0 Å². The largest absolute Gasteiger partial charge is 0.479 e. The fraction of sp³-hybridized carbons (Fsp3) is 0.429. The van der Waals surface area contributed by atoms with Gasteiger partial charge in [0.25, 0.3) is 0 Å². The molecule has 2 unspecified atom stereocenters. The van der Waals surface area contributed by atoms with Crippen molar-refractivity contribution in [2.45, 2.75) is 31.5 Å². The first kappa shape index (κ1) is 16.3. The molecule has 21 heavy (non-hydrogen) atoms. The normalized spacial score (nSPS) is 14.7. The van der Waals surface area contributed by atoms with Gasteiger partial charge in [0, 0.05) is 10.4 Å². The molecule has 0 radical (unpaired) electrons. The van der Waals surface area contributed by atoms with Crippen molar-refractivity contribution in [2.24, 2.45) is 5.41 Å². The minimum atomic E-state index is -0.657. The molecule has 0 aliphatic heterocycles. The van der Waals surface area contributed by atoms with Crippen LogP contribution in [0.1, 0.15) is 13.8 Å². The first-order valence-electron chi connectivity index (χ1n) is 6.46. The lowest BCUT2D eigenvalue weighted by Crippen LogP contribution is -2.42. The van der Waals surface area contributed by atoms with Crippen LogP contribution in [0.4, 0.5) is 0 Å². The number of alkyl halides is 1. The third kappa shape index (κ3) is 4.18. The molecule has 5 nitrogen and oxygen atoms in total. The van der Waals surface area contributed by atoms with Crippen LogP contribution in [0.2, 0.25) is 5.02 Å². The summed E-state index contributed by atoms with van der Waals surface area (Å²) in [6, 6.07) is 7.10. The Morgan fingerprint density at radius 2 is 2.05 bits per heavy atom. The first-order chi connectivity index (χ1) is 9.89. The van der Waals surface area contributed by atoms with Crippen LogP contribution >= 0.6 is 27.5 Å². The highest BCUT2D eigenvalue weighted by Crippen LogP contribution is 2.33. The summed E-state index contributed by atoms with van der Waals surface area (Å²) in [4.78, 5) is 3.86. The Kier molecular flexibility index (Phi) is 5.24. The van der Waals surface area contributed by atoms with Gasteiger partial charge in [-0.3, -0.25) is 4.68 Å². The Morgan fingerprint density at radius 3 is 2.62 bits per heavy atom. The number of benzene rings is 1. The minimum Gasteiger partial charge on any atom is -0.479 e. The number of rotatable bonds is 6. The Hall–Kier alpha value is -1.11. The molecule has 0 spiro atoms. The van der Waals surface area contributed by atoms with Crippen molar-refractivity contribution >= 4 is 27.5 Å². The van der Waals surface area contributed by atoms with Crippen molar-refractivity contribution in [3.05, 3.63) is 41.9 Å².